The summed E-state index contributed by atoms with van der Waals surface area (Å²) in [6.45, 7) is 6.14. The van der Waals surface area contributed by atoms with Crippen LogP contribution in [0.3, 0.4) is 0 Å². The minimum absolute atomic E-state index is 0.250. The van der Waals surface area contributed by atoms with Gasteiger partial charge >= 0.3 is 0 Å². The molecule has 0 spiro atoms. The van der Waals surface area contributed by atoms with Gasteiger partial charge in [0.05, 0.1) is 15.6 Å². The van der Waals surface area contributed by atoms with Crippen molar-refractivity contribution in [1.82, 2.24) is 0 Å². The van der Waals surface area contributed by atoms with Gasteiger partial charge in [0.2, 0.25) is 0 Å². The molecular weight excluding hydrogens is 392 g/mol. The van der Waals surface area contributed by atoms with Crippen molar-refractivity contribution in [3.05, 3.63) is 80.5 Å². The molecular formula is C22H21ClN2O2S. The van der Waals surface area contributed by atoms with E-state index in [9.17, 15) is 9.59 Å². The van der Waals surface area contributed by atoms with E-state index in [2.05, 4.69) is 24.5 Å². The Balaban J connectivity index is 1.85. The number of benzene rings is 2. The lowest BCUT2D eigenvalue weighted by atomic mass is 9.98. The maximum atomic E-state index is 12.9. The second kappa shape index (κ2) is 8.59. The Morgan fingerprint density at radius 2 is 1.79 bits per heavy atom. The molecule has 0 fully saturated rings. The van der Waals surface area contributed by atoms with Crippen LogP contribution < -0.4 is 10.6 Å². The van der Waals surface area contributed by atoms with Gasteiger partial charge in [0.15, 0.2) is 0 Å². The molecule has 2 N–H and O–H groups in total. The van der Waals surface area contributed by atoms with Gasteiger partial charge in [-0.15, -0.1) is 11.3 Å². The zero-order valence-electron chi connectivity index (χ0n) is 15.9. The minimum Gasteiger partial charge on any atom is -0.321 e. The maximum Gasteiger partial charge on any atom is 0.265 e. The number of aryl methyl sites for hydroxylation is 1. The van der Waals surface area contributed by atoms with Crippen molar-refractivity contribution in [3.8, 4) is 0 Å². The lowest BCUT2D eigenvalue weighted by molar-refractivity contribution is 0.101. The predicted octanol–water partition coefficient (Wildman–Crippen LogP) is 6.34. The summed E-state index contributed by atoms with van der Waals surface area (Å²) in [4.78, 5) is 25.7. The van der Waals surface area contributed by atoms with Gasteiger partial charge in [-0.2, -0.15) is 0 Å². The number of nitrogens with one attached hydrogen (secondary N) is 2. The van der Waals surface area contributed by atoms with Crippen molar-refractivity contribution < 1.29 is 9.59 Å². The smallest absolute Gasteiger partial charge is 0.265 e. The van der Waals surface area contributed by atoms with E-state index < -0.39 is 0 Å². The normalized spacial score (nSPS) is 10.8. The Morgan fingerprint density at radius 3 is 2.46 bits per heavy atom. The summed E-state index contributed by atoms with van der Waals surface area (Å²) in [5.41, 5.74) is 3.72. The minimum atomic E-state index is -0.254. The lowest BCUT2D eigenvalue weighted by Crippen LogP contribution is -2.16. The Morgan fingerprint density at radius 1 is 1.00 bits per heavy atom. The van der Waals surface area contributed by atoms with E-state index in [1.54, 1.807) is 30.3 Å². The molecule has 3 aromatic rings. The van der Waals surface area contributed by atoms with E-state index in [1.165, 1.54) is 11.3 Å². The van der Waals surface area contributed by atoms with Crippen LogP contribution in [0.4, 0.5) is 11.4 Å². The highest BCUT2D eigenvalue weighted by atomic mass is 35.5. The number of carbonyl (C=O) groups is 2. The lowest BCUT2D eigenvalue weighted by Gasteiger charge is -2.17. The van der Waals surface area contributed by atoms with Crippen LogP contribution in [0.1, 0.15) is 50.9 Å². The Kier molecular flexibility index (Phi) is 6.17. The third-order valence-electron chi connectivity index (χ3n) is 4.39. The van der Waals surface area contributed by atoms with E-state index in [1.807, 2.05) is 30.5 Å². The summed E-state index contributed by atoms with van der Waals surface area (Å²) < 4.78 is 0. The molecule has 6 heteroatoms. The van der Waals surface area contributed by atoms with Gasteiger partial charge in [0.25, 0.3) is 11.8 Å². The highest BCUT2D eigenvalue weighted by Crippen LogP contribution is 2.29. The van der Waals surface area contributed by atoms with Crippen LogP contribution in [-0.2, 0) is 0 Å². The summed E-state index contributed by atoms with van der Waals surface area (Å²) in [7, 11) is 0. The first-order valence-corrected chi connectivity index (χ1v) is 10.2. The summed E-state index contributed by atoms with van der Waals surface area (Å²) >= 11 is 7.56. The van der Waals surface area contributed by atoms with Gasteiger partial charge in [0.1, 0.15) is 0 Å². The van der Waals surface area contributed by atoms with Crippen molar-refractivity contribution in [2.24, 2.45) is 0 Å². The molecule has 0 saturated carbocycles. The third kappa shape index (κ3) is 4.43. The van der Waals surface area contributed by atoms with Crippen molar-refractivity contribution >= 4 is 46.1 Å². The fourth-order valence-corrected chi connectivity index (χ4v) is 3.67. The van der Waals surface area contributed by atoms with Crippen LogP contribution in [0.2, 0.25) is 5.02 Å². The molecule has 2 aromatic carbocycles. The number of rotatable bonds is 5. The first-order valence-electron chi connectivity index (χ1n) is 8.92. The molecule has 0 atom stereocenters. The molecule has 4 nitrogen and oxygen atoms in total. The van der Waals surface area contributed by atoms with Crippen LogP contribution in [-0.4, -0.2) is 11.8 Å². The molecule has 2 amide bonds. The molecule has 0 saturated heterocycles. The van der Waals surface area contributed by atoms with Crippen molar-refractivity contribution in [1.29, 1.82) is 0 Å². The predicted molar refractivity (Wildman–Crippen MR) is 117 cm³/mol. The molecule has 0 radical (unpaired) electrons. The average molecular weight is 413 g/mol. The number of halogens is 1. The fraction of sp³-hybridized carbons (Fsp3) is 0.182. The fourth-order valence-electron chi connectivity index (χ4n) is 2.88. The monoisotopic (exact) mass is 412 g/mol. The second-order valence-corrected chi connectivity index (χ2v) is 8.13. The second-order valence-electron chi connectivity index (χ2n) is 6.77. The summed E-state index contributed by atoms with van der Waals surface area (Å²) in [5, 5.41) is 7.99. The van der Waals surface area contributed by atoms with Crippen molar-refractivity contribution in [2.75, 3.05) is 10.6 Å². The molecule has 0 aliphatic heterocycles. The molecule has 3 rings (SSSR count). The van der Waals surface area contributed by atoms with E-state index in [-0.39, 0.29) is 17.7 Å². The Bertz CT molecular complexity index is 1010. The Hall–Kier alpha value is -2.63. The van der Waals surface area contributed by atoms with Gasteiger partial charge < -0.3 is 10.6 Å². The van der Waals surface area contributed by atoms with E-state index in [4.69, 9.17) is 11.6 Å². The van der Waals surface area contributed by atoms with Gasteiger partial charge in [-0.05, 0) is 53.6 Å². The van der Waals surface area contributed by atoms with Gasteiger partial charge in [-0.3, -0.25) is 9.59 Å². The third-order valence-corrected chi connectivity index (χ3v) is 5.59. The van der Waals surface area contributed by atoms with Crippen LogP contribution in [0, 0.1) is 6.92 Å². The number of thiophene rings is 1. The highest BCUT2D eigenvalue weighted by molar-refractivity contribution is 7.12. The zero-order chi connectivity index (χ0) is 20.3. The largest absolute Gasteiger partial charge is 0.321 e. The quantitative estimate of drug-likeness (QED) is 0.513. The van der Waals surface area contributed by atoms with Crippen LogP contribution in [0.5, 0.6) is 0 Å². The van der Waals surface area contributed by atoms with Gasteiger partial charge in [-0.25, -0.2) is 0 Å². The van der Waals surface area contributed by atoms with E-state index >= 15 is 0 Å². The molecule has 28 heavy (non-hydrogen) atoms. The van der Waals surface area contributed by atoms with Gasteiger partial charge in [0, 0.05) is 11.3 Å². The number of hydrogen-bond acceptors (Lipinski definition) is 3. The topological polar surface area (TPSA) is 58.2 Å². The van der Waals surface area contributed by atoms with E-state index in [0.29, 0.717) is 21.2 Å². The summed E-state index contributed by atoms with van der Waals surface area (Å²) in [6, 6.07) is 14.4. The number of anilines is 2. The first kappa shape index (κ1) is 20.1. The van der Waals surface area contributed by atoms with Crippen LogP contribution >= 0.6 is 22.9 Å². The molecule has 0 bridgehead atoms. The number of carbonyl (C=O) groups excluding carboxylic acids is 2. The van der Waals surface area contributed by atoms with Crippen LogP contribution in [0.15, 0.2) is 53.9 Å². The summed E-state index contributed by atoms with van der Waals surface area (Å²) in [5.74, 6) is -0.226. The zero-order valence-corrected chi connectivity index (χ0v) is 17.4. The number of amides is 2. The SMILES string of the molecule is Cc1cccc(C(C)C)c1NC(=O)c1ccc(Cl)c(NC(=O)c2cccs2)c1. The number of para-hydroxylation sites is 1. The summed E-state index contributed by atoms with van der Waals surface area (Å²) in [6.07, 6.45) is 0. The van der Waals surface area contributed by atoms with Crippen molar-refractivity contribution in [2.45, 2.75) is 26.7 Å². The maximum absolute atomic E-state index is 12.9. The molecule has 1 heterocycles. The first-order chi connectivity index (χ1) is 13.4. The molecule has 0 unspecified atom stereocenters. The highest BCUT2D eigenvalue weighted by Gasteiger charge is 2.16. The standard InChI is InChI=1S/C22H21ClN2O2S/c1-13(2)16-7-4-6-14(3)20(16)25-21(26)15-9-10-17(23)18(12-15)24-22(27)19-8-5-11-28-19/h4-13H,1-3H3,(H,24,27)(H,25,26). The van der Waals surface area contributed by atoms with Crippen LogP contribution in [0.25, 0.3) is 0 Å². The van der Waals surface area contributed by atoms with E-state index in [0.717, 1.165) is 16.8 Å². The molecule has 0 aliphatic carbocycles. The van der Waals surface area contributed by atoms with Gasteiger partial charge in [-0.1, -0.05) is 49.7 Å². The molecule has 144 valence electrons. The average Bonchev–Trinajstić information content (AvgIpc) is 3.19. The van der Waals surface area contributed by atoms with Crippen molar-refractivity contribution in [3.63, 3.8) is 0 Å². The number of hydrogen-bond donors (Lipinski definition) is 2. The Labute approximate surface area is 173 Å². The molecule has 1 aromatic heterocycles. The molecule has 0 aliphatic rings.